The van der Waals surface area contributed by atoms with E-state index in [9.17, 15) is 0 Å². The molecule has 1 rings (SSSR count). The zero-order chi connectivity index (χ0) is 12.7. The van der Waals surface area contributed by atoms with Crippen LogP contribution in [0.2, 0.25) is 0 Å². The molecule has 0 fully saturated rings. The third kappa shape index (κ3) is 4.11. The van der Waals surface area contributed by atoms with E-state index in [2.05, 4.69) is 43.2 Å². The number of aromatic nitrogens is 2. The van der Waals surface area contributed by atoms with Gasteiger partial charge in [-0.2, -0.15) is 0 Å². The Hall–Kier alpha value is -0.900. The minimum Gasteiger partial charge on any atom is -0.423 e. The van der Waals surface area contributed by atoms with Gasteiger partial charge in [0.05, 0.1) is 6.04 Å². The molecular weight excluding hydrogens is 214 g/mol. The van der Waals surface area contributed by atoms with Crippen LogP contribution in [0.15, 0.2) is 4.42 Å². The first-order chi connectivity index (χ1) is 8.22. The average molecular weight is 239 g/mol. The Bertz CT molecular complexity index is 305. The van der Waals surface area contributed by atoms with Crippen LogP contribution in [0.4, 0.5) is 0 Å². The lowest BCUT2D eigenvalue weighted by molar-refractivity contribution is 0.361. The van der Waals surface area contributed by atoms with Crippen molar-refractivity contribution in [3.05, 3.63) is 11.8 Å². The first-order valence-corrected chi connectivity index (χ1v) is 6.79. The minimum atomic E-state index is 0.144. The van der Waals surface area contributed by atoms with Crippen molar-refractivity contribution in [1.82, 2.24) is 15.5 Å². The molecule has 0 radical (unpaired) electrons. The first kappa shape index (κ1) is 14.2. The highest BCUT2D eigenvalue weighted by Gasteiger charge is 2.19. The molecule has 1 atom stereocenters. The molecule has 0 aliphatic heterocycles. The van der Waals surface area contributed by atoms with Crippen molar-refractivity contribution < 1.29 is 4.42 Å². The van der Waals surface area contributed by atoms with Gasteiger partial charge >= 0.3 is 0 Å². The van der Waals surface area contributed by atoms with Gasteiger partial charge in [-0.1, -0.05) is 33.6 Å². The summed E-state index contributed by atoms with van der Waals surface area (Å²) in [6, 6.07) is 0.144. The van der Waals surface area contributed by atoms with E-state index < -0.39 is 0 Å². The number of nitrogens with zero attached hydrogens (tertiary/aromatic N) is 2. The zero-order valence-corrected chi connectivity index (χ0v) is 11.5. The van der Waals surface area contributed by atoms with Crippen molar-refractivity contribution in [3.8, 4) is 0 Å². The van der Waals surface area contributed by atoms with Gasteiger partial charge in [-0.25, -0.2) is 0 Å². The summed E-state index contributed by atoms with van der Waals surface area (Å²) in [5.41, 5.74) is 0. The third-order valence-corrected chi connectivity index (χ3v) is 2.96. The van der Waals surface area contributed by atoms with E-state index in [4.69, 9.17) is 4.42 Å². The molecule has 1 aromatic rings. The van der Waals surface area contributed by atoms with Crippen molar-refractivity contribution in [3.63, 3.8) is 0 Å². The lowest BCUT2D eigenvalue weighted by Gasteiger charge is -2.10. The molecule has 0 spiro atoms. The maximum atomic E-state index is 5.78. The molecule has 0 saturated carbocycles. The van der Waals surface area contributed by atoms with Crippen molar-refractivity contribution >= 4 is 0 Å². The molecule has 4 heteroatoms. The molecule has 4 nitrogen and oxygen atoms in total. The Morgan fingerprint density at radius 1 is 1.06 bits per heavy atom. The average Bonchev–Trinajstić information content (AvgIpc) is 2.78. The van der Waals surface area contributed by atoms with E-state index in [1.807, 2.05) is 0 Å². The highest BCUT2D eigenvalue weighted by atomic mass is 16.4. The summed E-state index contributed by atoms with van der Waals surface area (Å²) < 4.78 is 5.78. The molecule has 98 valence electrons. The Labute approximate surface area is 104 Å². The van der Waals surface area contributed by atoms with Gasteiger partial charge in [-0.3, -0.25) is 0 Å². The van der Waals surface area contributed by atoms with Gasteiger partial charge in [0.2, 0.25) is 11.8 Å². The van der Waals surface area contributed by atoms with E-state index in [-0.39, 0.29) is 6.04 Å². The van der Waals surface area contributed by atoms with Crippen LogP contribution in [0.5, 0.6) is 0 Å². The molecule has 0 aromatic carbocycles. The van der Waals surface area contributed by atoms with Gasteiger partial charge in [0.1, 0.15) is 0 Å². The topological polar surface area (TPSA) is 51.0 Å². The van der Waals surface area contributed by atoms with E-state index in [0.717, 1.165) is 38.1 Å². The quantitative estimate of drug-likeness (QED) is 0.755. The van der Waals surface area contributed by atoms with Crippen LogP contribution in [0.25, 0.3) is 0 Å². The molecule has 17 heavy (non-hydrogen) atoms. The second-order valence-electron chi connectivity index (χ2n) is 4.53. The predicted molar refractivity (Wildman–Crippen MR) is 68.9 cm³/mol. The predicted octanol–water partition coefficient (Wildman–Crippen LogP) is 3.42. The van der Waals surface area contributed by atoms with Crippen LogP contribution in [-0.2, 0) is 0 Å². The van der Waals surface area contributed by atoms with Gasteiger partial charge in [-0.15, -0.1) is 10.2 Å². The van der Waals surface area contributed by atoms with Crippen molar-refractivity contribution in [2.24, 2.45) is 0 Å². The Morgan fingerprint density at radius 2 is 1.65 bits per heavy atom. The lowest BCUT2D eigenvalue weighted by Crippen LogP contribution is -2.17. The number of rotatable bonds is 8. The van der Waals surface area contributed by atoms with E-state index in [1.165, 1.54) is 0 Å². The number of nitrogens with one attached hydrogen (secondary N) is 1. The largest absolute Gasteiger partial charge is 0.423 e. The summed E-state index contributed by atoms with van der Waals surface area (Å²) in [5.74, 6) is 1.95. The molecular formula is C13H25N3O. The highest BCUT2D eigenvalue weighted by Crippen LogP contribution is 2.26. The molecule has 0 aliphatic carbocycles. The second-order valence-corrected chi connectivity index (χ2v) is 4.53. The normalized spacial score (nSPS) is 13.2. The zero-order valence-electron chi connectivity index (χ0n) is 11.5. The number of hydrogen-bond donors (Lipinski definition) is 1. The maximum absolute atomic E-state index is 5.78. The summed E-state index contributed by atoms with van der Waals surface area (Å²) in [6.07, 6.45) is 4.58. The van der Waals surface area contributed by atoms with Crippen LogP contribution in [0.3, 0.4) is 0 Å². The molecule has 0 saturated heterocycles. The summed E-state index contributed by atoms with van der Waals surface area (Å²) in [7, 11) is 0. The van der Waals surface area contributed by atoms with Crippen LogP contribution in [0.1, 0.15) is 77.1 Å². The van der Waals surface area contributed by atoms with Crippen LogP contribution in [-0.4, -0.2) is 16.7 Å². The standard InChI is InChI=1S/C13H25N3O/c1-5-8-11(9-6-2)13-16-15-12(17-13)10(4)14-7-3/h10-11,14H,5-9H2,1-4H3. The van der Waals surface area contributed by atoms with E-state index >= 15 is 0 Å². The van der Waals surface area contributed by atoms with E-state index in [1.54, 1.807) is 0 Å². The van der Waals surface area contributed by atoms with E-state index in [0.29, 0.717) is 11.8 Å². The second kappa shape index (κ2) is 7.43. The minimum absolute atomic E-state index is 0.144. The van der Waals surface area contributed by atoms with Gasteiger partial charge in [0.15, 0.2) is 0 Å². The smallest absolute Gasteiger partial charge is 0.233 e. The van der Waals surface area contributed by atoms with Gasteiger partial charge < -0.3 is 9.73 Å². The molecule has 0 amide bonds. The van der Waals surface area contributed by atoms with Crippen LogP contribution >= 0.6 is 0 Å². The maximum Gasteiger partial charge on any atom is 0.233 e. The van der Waals surface area contributed by atoms with Crippen molar-refractivity contribution in [2.75, 3.05) is 6.54 Å². The monoisotopic (exact) mass is 239 g/mol. The van der Waals surface area contributed by atoms with Crippen molar-refractivity contribution in [2.45, 2.75) is 65.3 Å². The fourth-order valence-corrected chi connectivity index (χ4v) is 2.07. The molecule has 0 bridgehead atoms. The fourth-order valence-electron chi connectivity index (χ4n) is 2.07. The summed E-state index contributed by atoms with van der Waals surface area (Å²) in [6.45, 7) is 9.43. The first-order valence-electron chi connectivity index (χ1n) is 6.79. The molecule has 1 unspecified atom stereocenters. The Balaban J connectivity index is 2.69. The van der Waals surface area contributed by atoms with Crippen LogP contribution in [0, 0.1) is 0 Å². The summed E-state index contributed by atoms with van der Waals surface area (Å²) >= 11 is 0. The molecule has 1 aromatic heterocycles. The molecule has 0 aliphatic rings. The van der Waals surface area contributed by atoms with Gasteiger partial charge in [0, 0.05) is 5.92 Å². The van der Waals surface area contributed by atoms with Crippen molar-refractivity contribution in [1.29, 1.82) is 0 Å². The van der Waals surface area contributed by atoms with Gasteiger partial charge in [0.25, 0.3) is 0 Å². The Kier molecular flexibility index (Phi) is 6.19. The molecule has 1 N–H and O–H groups in total. The lowest BCUT2D eigenvalue weighted by atomic mass is 9.98. The van der Waals surface area contributed by atoms with Crippen LogP contribution < -0.4 is 5.32 Å². The number of hydrogen-bond acceptors (Lipinski definition) is 4. The van der Waals surface area contributed by atoms with Gasteiger partial charge in [-0.05, 0) is 26.3 Å². The summed E-state index contributed by atoms with van der Waals surface area (Å²) in [5, 5.41) is 11.6. The fraction of sp³-hybridized carbons (Fsp3) is 0.846. The SMILES string of the molecule is CCCC(CCC)c1nnc(C(C)NCC)o1. The molecule has 1 heterocycles. The summed E-state index contributed by atoms with van der Waals surface area (Å²) in [4.78, 5) is 0. The highest BCUT2D eigenvalue weighted by molar-refractivity contribution is 4.94. The third-order valence-electron chi connectivity index (χ3n) is 2.96. The Morgan fingerprint density at radius 3 is 2.18 bits per heavy atom.